The van der Waals surface area contributed by atoms with Gasteiger partial charge in [-0.15, -0.1) is 0 Å². The molecule has 2 N–H and O–H groups in total. The zero-order valence-corrected chi connectivity index (χ0v) is 12.2. The van der Waals surface area contributed by atoms with E-state index in [1.807, 2.05) is 25.1 Å². The molecule has 1 aromatic carbocycles. The molecule has 4 nitrogen and oxygen atoms in total. The van der Waals surface area contributed by atoms with Crippen molar-refractivity contribution in [2.75, 3.05) is 6.54 Å². The number of rotatable bonds is 5. The van der Waals surface area contributed by atoms with Crippen LogP contribution in [0.1, 0.15) is 37.9 Å². The Morgan fingerprint density at radius 2 is 1.95 bits per heavy atom. The number of benzene rings is 1. The van der Waals surface area contributed by atoms with Crippen LogP contribution in [-0.2, 0) is 12.0 Å². The lowest BCUT2D eigenvalue weighted by atomic mass is 9.84. The van der Waals surface area contributed by atoms with Gasteiger partial charge in [0.2, 0.25) is 0 Å². The van der Waals surface area contributed by atoms with Gasteiger partial charge in [0.1, 0.15) is 5.82 Å². The molecule has 2 rings (SSSR count). The van der Waals surface area contributed by atoms with E-state index in [4.69, 9.17) is 0 Å². The average Bonchev–Trinajstić information content (AvgIpc) is 2.45. The van der Waals surface area contributed by atoms with Crippen LogP contribution in [0, 0.1) is 0 Å². The highest BCUT2D eigenvalue weighted by Crippen LogP contribution is 2.27. The van der Waals surface area contributed by atoms with Crippen molar-refractivity contribution in [3.05, 3.63) is 63.8 Å². The summed E-state index contributed by atoms with van der Waals surface area (Å²) >= 11 is 0. The quantitative estimate of drug-likeness (QED) is 0.876. The van der Waals surface area contributed by atoms with Gasteiger partial charge >= 0.3 is 0 Å². The second-order valence-corrected chi connectivity index (χ2v) is 5.36. The van der Waals surface area contributed by atoms with Crippen LogP contribution in [0.4, 0.5) is 0 Å². The predicted molar refractivity (Wildman–Crippen MR) is 80.8 cm³/mol. The lowest BCUT2D eigenvalue weighted by Gasteiger charge is -2.24. The first-order valence-corrected chi connectivity index (χ1v) is 6.91. The van der Waals surface area contributed by atoms with Gasteiger partial charge in [-0.05, 0) is 26.0 Å². The Morgan fingerprint density at radius 3 is 2.60 bits per heavy atom. The van der Waals surface area contributed by atoms with E-state index >= 15 is 0 Å². The van der Waals surface area contributed by atoms with Gasteiger partial charge in [-0.2, -0.15) is 0 Å². The second kappa shape index (κ2) is 6.01. The zero-order valence-electron chi connectivity index (χ0n) is 12.2. The van der Waals surface area contributed by atoms with Crippen molar-refractivity contribution in [1.29, 1.82) is 0 Å². The third-order valence-electron chi connectivity index (χ3n) is 3.44. The Morgan fingerprint density at radius 1 is 1.25 bits per heavy atom. The van der Waals surface area contributed by atoms with Crippen molar-refractivity contribution >= 4 is 0 Å². The number of hydrogen-bond donors (Lipinski definition) is 2. The highest BCUT2D eigenvalue weighted by molar-refractivity contribution is 5.30. The molecule has 0 atom stereocenters. The molecule has 20 heavy (non-hydrogen) atoms. The summed E-state index contributed by atoms with van der Waals surface area (Å²) in [7, 11) is 0. The van der Waals surface area contributed by atoms with Gasteiger partial charge in [-0.1, -0.05) is 37.3 Å². The number of aromatic amines is 1. The molecule has 0 fully saturated rings. The van der Waals surface area contributed by atoms with Gasteiger partial charge in [0, 0.05) is 18.0 Å². The molecule has 4 heteroatoms. The number of nitrogens with one attached hydrogen (secondary N) is 2. The first kappa shape index (κ1) is 14.5. The molecule has 0 aliphatic rings. The van der Waals surface area contributed by atoms with Gasteiger partial charge in [0.15, 0.2) is 0 Å². The number of H-pyrrole nitrogens is 1. The first-order valence-electron chi connectivity index (χ1n) is 6.91. The minimum atomic E-state index is -0.331. The van der Waals surface area contributed by atoms with Crippen molar-refractivity contribution in [2.45, 2.75) is 32.7 Å². The molecule has 1 heterocycles. The van der Waals surface area contributed by atoms with Crippen LogP contribution in [0.25, 0.3) is 0 Å². The molecular weight excluding hydrogens is 250 g/mol. The summed E-state index contributed by atoms with van der Waals surface area (Å²) in [5.41, 5.74) is 1.47. The molecule has 0 saturated heterocycles. The molecule has 0 bridgehead atoms. The fourth-order valence-electron chi connectivity index (χ4n) is 2.14. The SMILES string of the molecule is CCNCc1cc(=O)[nH]c(C(C)(C)c2ccccc2)n1. The normalized spacial score (nSPS) is 11.6. The summed E-state index contributed by atoms with van der Waals surface area (Å²) < 4.78 is 0. The fourth-order valence-corrected chi connectivity index (χ4v) is 2.14. The number of aromatic nitrogens is 2. The smallest absolute Gasteiger partial charge is 0.251 e. The largest absolute Gasteiger partial charge is 0.311 e. The third kappa shape index (κ3) is 3.14. The number of nitrogens with zero attached hydrogens (tertiary/aromatic N) is 1. The van der Waals surface area contributed by atoms with Crippen LogP contribution >= 0.6 is 0 Å². The van der Waals surface area contributed by atoms with Crippen molar-refractivity contribution < 1.29 is 0 Å². The van der Waals surface area contributed by atoms with E-state index in [0.29, 0.717) is 12.4 Å². The van der Waals surface area contributed by atoms with Gasteiger partial charge < -0.3 is 10.3 Å². The molecule has 2 aromatic rings. The summed E-state index contributed by atoms with van der Waals surface area (Å²) in [6.07, 6.45) is 0. The molecule has 0 amide bonds. The van der Waals surface area contributed by atoms with Crippen molar-refractivity contribution in [3.8, 4) is 0 Å². The Hall–Kier alpha value is -1.94. The minimum Gasteiger partial charge on any atom is -0.311 e. The van der Waals surface area contributed by atoms with E-state index in [1.165, 1.54) is 0 Å². The molecule has 0 aliphatic heterocycles. The second-order valence-electron chi connectivity index (χ2n) is 5.36. The molecule has 0 radical (unpaired) electrons. The van der Waals surface area contributed by atoms with Crippen molar-refractivity contribution in [1.82, 2.24) is 15.3 Å². The molecular formula is C16H21N3O. The maximum Gasteiger partial charge on any atom is 0.251 e. The fraction of sp³-hybridized carbons (Fsp3) is 0.375. The maximum absolute atomic E-state index is 11.8. The van der Waals surface area contributed by atoms with Crippen molar-refractivity contribution in [2.24, 2.45) is 0 Å². The highest BCUT2D eigenvalue weighted by atomic mass is 16.1. The Bertz CT molecular complexity index is 617. The van der Waals surface area contributed by atoms with Crippen LogP contribution in [0.3, 0.4) is 0 Å². The van der Waals surface area contributed by atoms with Crippen LogP contribution in [0.2, 0.25) is 0 Å². The van der Waals surface area contributed by atoms with E-state index in [-0.39, 0.29) is 11.0 Å². The first-order chi connectivity index (χ1) is 9.54. The molecule has 0 unspecified atom stereocenters. The van der Waals surface area contributed by atoms with E-state index in [9.17, 15) is 4.79 Å². The van der Waals surface area contributed by atoms with E-state index in [2.05, 4.69) is 41.3 Å². The van der Waals surface area contributed by atoms with Gasteiger partial charge in [-0.3, -0.25) is 4.79 Å². The summed E-state index contributed by atoms with van der Waals surface area (Å²) in [5, 5.41) is 3.19. The maximum atomic E-state index is 11.8. The van der Waals surface area contributed by atoms with Crippen LogP contribution < -0.4 is 10.9 Å². The molecule has 1 aromatic heterocycles. The Balaban J connectivity index is 2.41. The van der Waals surface area contributed by atoms with Gasteiger partial charge in [0.05, 0.1) is 5.69 Å². The van der Waals surface area contributed by atoms with E-state index in [0.717, 1.165) is 17.8 Å². The zero-order chi connectivity index (χ0) is 14.6. The van der Waals surface area contributed by atoms with Gasteiger partial charge in [0.25, 0.3) is 5.56 Å². The highest BCUT2D eigenvalue weighted by Gasteiger charge is 2.26. The van der Waals surface area contributed by atoms with Gasteiger partial charge in [-0.25, -0.2) is 4.98 Å². The summed E-state index contributed by atoms with van der Waals surface area (Å²) in [5.74, 6) is 0.698. The van der Waals surface area contributed by atoms with E-state index < -0.39 is 0 Å². The molecule has 0 saturated carbocycles. The standard InChI is InChI=1S/C16H21N3O/c1-4-17-11-13-10-14(20)19-15(18-13)16(2,3)12-8-6-5-7-9-12/h5-10,17H,4,11H2,1-3H3,(H,18,19,20). The van der Waals surface area contributed by atoms with Crippen LogP contribution in [0.5, 0.6) is 0 Å². The minimum absolute atomic E-state index is 0.105. The topological polar surface area (TPSA) is 57.8 Å². The summed E-state index contributed by atoms with van der Waals surface area (Å²) in [4.78, 5) is 19.3. The van der Waals surface area contributed by atoms with Crippen LogP contribution in [-0.4, -0.2) is 16.5 Å². The third-order valence-corrected chi connectivity index (χ3v) is 3.44. The molecule has 0 aliphatic carbocycles. The summed E-state index contributed by atoms with van der Waals surface area (Å²) in [6, 6.07) is 11.6. The Kier molecular flexibility index (Phi) is 4.35. The number of hydrogen-bond acceptors (Lipinski definition) is 3. The van der Waals surface area contributed by atoms with Crippen molar-refractivity contribution in [3.63, 3.8) is 0 Å². The molecule has 106 valence electrons. The van der Waals surface area contributed by atoms with Crippen LogP contribution in [0.15, 0.2) is 41.2 Å². The lowest BCUT2D eigenvalue weighted by molar-refractivity contribution is 0.576. The monoisotopic (exact) mass is 271 g/mol. The lowest BCUT2D eigenvalue weighted by Crippen LogP contribution is -2.28. The molecule has 0 spiro atoms. The van der Waals surface area contributed by atoms with E-state index in [1.54, 1.807) is 6.07 Å². The average molecular weight is 271 g/mol. The predicted octanol–water partition coefficient (Wildman–Crippen LogP) is 2.21. The Labute approximate surface area is 119 Å². The summed E-state index contributed by atoms with van der Waals surface area (Å²) in [6.45, 7) is 7.63.